The first-order chi connectivity index (χ1) is 7.76. The largest absolute Gasteiger partial charge is 0.361 e. The van der Waals surface area contributed by atoms with E-state index in [0.29, 0.717) is 24.8 Å². The lowest BCUT2D eigenvalue weighted by Crippen LogP contribution is -2.35. The first-order valence-electron chi connectivity index (χ1n) is 5.78. The van der Waals surface area contributed by atoms with Gasteiger partial charge in [-0.15, -0.1) is 0 Å². The topological polar surface area (TPSA) is 72.9 Å². The molecule has 0 bridgehead atoms. The summed E-state index contributed by atoms with van der Waals surface area (Å²) in [6.07, 6.45) is 5.74. The highest BCUT2D eigenvalue weighted by Crippen LogP contribution is 2.33. The third-order valence-corrected chi connectivity index (χ3v) is 3.02. The second kappa shape index (κ2) is 4.65. The van der Waals surface area contributed by atoms with Crippen LogP contribution in [0.4, 0.5) is 5.82 Å². The third-order valence-electron chi connectivity index (χ3n) is 3.02. The molecule has 5 nitrogen and oxygen atoms in total. The highest BCUT2D eigenvalue weighted by Gasteiger charge is 2.30. The number of hydrogen-bond donors (Lipinski definition) is 2. The molecule has 1 aromatic rings. The molecular weight excluding hydrogens is 204 g/mol. The molecule has 0 amide bonds. The van der Waals surface area contributed by atoms with Crippen molar-refractivity contribution in [3.8, 4) is 0 Å². The Kier molecular flexibility index (Phi) is 3.24. The molecule has 0 saturated heterocycles. The first kappa shape index (κ1) is 11.1. The van der Waals surface area contributed by atoms with E-state index in [2.05, 4.69) is 10.3 Å². The molecule has 0 aromatic carbocycles. The van der Waals surface area contributed by atoms with Crippen LogP contribution in [0.2, 0.25) is 0 Å². The smallest absolute Gasteiger partial charge is 0.293 e. The maximum Gasteiger partial charge on any atom is 0.293 e. The van der Waals surface area contributed by atoms with Crippen LogP contribution in [0, 0.1) is 5.92 Å². The minimum absolute atomic E-state index is 0.0656. The molecule has 3 N–H and O–H groups in total. The van der Waals surface area contributed by atoms with Gasteiger partial charge in [-0.25, -0.2) is 4.98 Å². The molecule has 88 valence electrons. The van der Waals surface area contributed by atoms with Crippen LogP contribution >= 0.6 is 0 Å². The van der Waals surface area contributed by atoms with Crippen molar-refractivity contribution in [3.63, 3.8) is 0 Å². The molecule has 0 spiro atoms. The Morgan fingerprint density at radius 2 is 2.44 bits per heavy atom. The van der Waals surface area contributed by atoms with E-state index in [0.717, 1.165) is 0 Å². The zero-order chi connectivity index (χ0) is 11.5. The van der Waals surface area contributed by atoms with Crippen molar-refractivity contribution >= 4 is 5.82 Å². The van der Waals surface area contributed by atoms with Gasteiger partial charge in [0.15, 0.2) is 5.82 Å². The van der Waals surface area contributed by atoms with Gasteiger partial charge >= 0.3 is 0 Å². The van der Waals surface area contributed by atoms with E-state index in [4.69, 9.17) is 5.73 Å². The van der Waals surface area contributed by atoms with Crippen molar-refractivity contribution in [1.29, 1.82) is 0 Å². The fraction of sp³-hybridized carbons (Fsp3) is 0.636. The minimum atomic E-state index is -0.0656. The number of aromatic nitrogens is 2. The predicted octanol–water partition coefficient (Wildman–Crippen LogP) is 0.412. The summed E-state index contributed by atoms with van der Waals surface area (Å²) >= 11 is 0. The molecule has 1 heterocycles. The third kappa shape index (κ3) is 2.24. The quantitative estimate of drug-likeness (QED) is 0.757. The standard InChI is InChI=1S/C11H18N4O/c1-2-15-6-5-13-10(11(15)16)14-9(7-12)8-3-4-8/h5-6,8-9H,2-4,7,12H2,1H3,(H,13,14). The summed E-state index contributed by atoms with van der Waals surface area (Å²) in [5.74, 6) is 1.04. The number of nitrogens with one attached hydrogen (secondary N) is 1. The number of hydrogen-bond acceptors (Lipinski definition) is 4. The molecule has 5 heteroatoms. The fourth-order valence-electron chi connectivity index (χ4n) is 1.84. The Morgan fingerprint density at radius 1 is 1.69 bits per heavy atom. The first-order valence-corrected chi connectivity index (χ1v) is 5.78. The molecule has 1 aliphatic rings. The van der Waals surface area contributed by atoms with Crippen molar-refractivity contribution in [2.45, 2.75) is 32.4 Å². The average molecular weight is 222 g/mol. The van der Waals surface area contributed by atoms with Crippen LogP contribution < -0.4 is 16.6 Å². The average Bonchev–Trinajstić information content (AvgIpc) is 3.12. The molecule has 16 heavy (non-hydrogen) atoms. The van der Waals surface area contributed by atoms with Gasteiger partial charge in [-0.1, -0.05) is 0 Å². The van der Waals surface area contributed by atoms with E-state index in [9.17, 15) is 4.79 Å². The number of rotatable bonds is 5. The molecule has 1 unspecified atom stereocenters. The minimum Gasteiger partial charge on any atom is -0.361 e. The number of aryl methyl sites for hydroxylation is 1. The van der Waals surface area contributed by atoms with E-state index in [1.165, 1.54) is 12.8 Å². The summed E-state index contributed by atoms with van der Waals surface area (Å²) in [6, 6.07) is 0.188. The molecule has 1 saturated carbocycles. The molecular formula is C11H18N4O. The van der Waals surface area contributed by atoms with Gasteiger partial charge in [-0.05, 0) is 25.7 Å². The SMILES string of the molecule is CCn1ccnc(NC(CN)C2CC2)c1=O. The lowest BCUT2D eigenvalue weighted by molar-refractivity contribution is 0.635. The predicted molar refractivity (Wildman–Crippen MR) is 63.4 cm³/mol. The van der Waals surface area contributed by atoms with Crippen LogP contribution in [0.25, 0.3) is 0 Å². The summed E-state index contributed by atoms with van der Waals surface area (Å²) in [5, 5.41) is 3.16. The monoisotopic (exact) mass is 222 g/mol. The van der Waals surface area contributed by atoms with E-state index < -0.39 is 0 Å². The molecule has 1 aliphatic carbocycles. The van der Waals surface area contributed by atoms with Gasteiger partial charge in [0.2, 0.25) is 0 Å². The fourth-order valence-corrected chi connectivity index (χ4v) is 1.84. The van der Waals surface area contributed by atoms with Gasteiger partial charge in [-0.2, -0.15) is 0 Å². The lowest BCUT2D eigenvalue weighted by atomic mass is 10.2. The zero-order valence-electron chi connectivity index (χ0n) is 9.52. The normalized spacial score (nSPS) is 17.1. The van der Waals surface area contributed by atoms with E-state index in [1.54, 1.807) is 17.0 Å². The highest BCUT2D eigenvalue weighted by atomic mass is 16.1. The van der Waals surface area contributed by atoms with E-state index >= 15 is 0 Å². The summed E-state index contributed by atoms with van der Waals surface area (Å²) in [4.78, 5) is 16.0. The Bertz CT molecular complexity index is 411. The Morgan fingerprint density at radius 3 is 3.00 bits per heavy atom. The summed E-state index contributed by atoms with van der Waals surface area (Å²) in [6.45, 7) is 3.14. The molecule has 1 aromatic heterocycles. The van der Waals surface area contributed by atoms with Crippen molar-refractivity contribution in [1.82, 2.24) is 9.55 Å². The lowest BCUT2D eigenvalue weighted by Gasteiger charge is -2.16. The molecule has 0 radical (unpaired) electrons. The van der Waals surface area contributed by atoms with Gasteiger partial charge in [0, 0.05) is 31.5 Å². The Balaban J connectivity index is 2.16. The van der Waals surface area contributed by atoms with Gasteiger partial charge < -0.3 is 15.6 Å². The van der Waals surface area contributed by atoms with Crippen molar-refractivity contribution in [3.05, 3.63) is 22.7 Å². The summed E-state index contributed by atoms with van der Waals surface area (Å²) in [7, 11) is 0. The van der Waals surface area contributed by atoms with Crippen molar-refractivity contribution in [2.24, 2.45) is 11.7 Å². The van der Waals surface area contributed by atoms with Crippen LogP contribution in [0.15, 0.2) is 17.2 Å². The van der Waals surface area contributed by atoms with Crippen LogP contribution in [-0.4, -0.2) is 22.1 Å². The van der Waals surface area contributed by atoms with Crippen LogP contribution in [0.3, 0.4) is 0 Å². The maximum atomic E-state index is 11.9. The number of nitrogens with two attached hydrogens (primary N) is 1. The summed E-state index contributed by atoms with van der Waals surface area (Å²) < 4.78 is 1.63. The van der Waals surface area contributed by atoms with Gasteiger partial charge in [0.05, 0.1) is 0 Å². The number of nitrogens with zero attached hydrogens (tertiary/aromatic N) is 2. The Labute approximate surface area is 94.7 Å². The maximum absolute atomic E-state index is 11.9. The van der Waals surface area contributed by atoms with Crippen molar-refractivity contribution < 1.29 is 0 Å². The molecule has 1 fully saturated rings. The molecule has 0 aliphatic heterocycles. The second-order valence-corrected chi connectivity index (χ2v) is 4.19. The Hall–Kier alpha value is -1.36. The van der Waals surface area contributed by atoms with Crippen molar-refractivity contribution in [2.75, 3.05) is 11.9 Å². The van der Waals surface area contributed by atoms with Crippen LogP contribution in [0.1, 0.15) is 19.8 Å². The van der Waals surface area contributed by atoms with Gasteiger partial charge in [0.25, 0.3) is 5.56 Å². The zero-order valence-corrected chi connectivity index (χ0v) is 9.52. The van der Waals surface area contributed by atoms with Crippen LogP contribution in [-0.2, 0) is 6.54 Å². The highest BCUT2D eigenvalue weighted by molar-refractivity contribution is 5.33. The van der Waals surface area contributed by atoms with Crippen LogP contribution in [0.5, 0.6) is 0 Å². The van der Waals surface area contributed by atoms with Gasteiger partial charge in [0.1, 0.15) is 0 Å². The van der Waals surface area contributed by atoms with Gasteiger partial charge in [-0.3, -0.25) is 4.79 Å². The molecule has 2 rings (SSSR count). The summed E-state index contributed by atoms with van der Waals surface area (Å²) in [5.41, 5.74) is 5.62. The van der Waals surface area contributed by atoms with E-state index in [1.807, 2.05) is 6.92 Å². The second-order valence-electron chi connectivity index (χ2n) is 4.19. The molecule has 1 atom stereocenters. The van der Waals surface area contributed by atoms with E-state index in [-0.39, 0.29) is 11.6 Å². The number of anilines is 1.